The molecule has 2 rings (SSSR count). The zero-order valence-electron chi connectivity index (χ0n) is 7.51. The fourth-order valence-electron chi connectivity index (χ4n) is 1.36. The first-order valence-corrected chi connectivity index (χ1v) is 7.44. The molecule has 14 heavy (non-hydrogen) atoms. The van der Waals surface area contributed by atoms with Gasteiger partial charge >= 0.3 is 0 Å². The lowest BCUT2D eigenvalue weighted by Gasteiger charge is -1.96. The van der Waals surface area contributed by atoms with E-state index >= 15 is 0 Å². The number of fused-ring (bicyclic) bond motifs is 1. The summed E-state index contributed by atoms with van der Waals surface area (Å²) in [4.78, 5) is 1.33. The quantitative estimate of drug-likeness (QED) is 0.548. The average molecular weight is 308 g/mol. The number of benzene rings is 1. The molecule has 1 heterocycles. The Morgan fingerprint density at radius 2 is 2.29 bits per heavy atom. The molecule has 0 nitrogen and oxygen atoms in total. The second-order valence-electron chi connectivity index (χ2n) is 2.87. The van der Waals surface area contributed by atoms with Crippen LogP contribution in [0.3, 0.4) is 0 Å². The number of hydrogen-bond acceptors (Lipinski definition) is 2. The summed E-state index contributed by atoms with van der Waals surface area (Å²) in [6.07, 6.45) is 2.10. The van der Waals surface area contributed by atoms with Crippen molar-refractivity contribution in [1.29, 1.82) is 0 Å². The van der Waals surface area contributed by atoms with Crippen LogP contribution in [-0.2, 0) is 5.88 Å². The van der Waals surface area contributed by atoms with Gasteiger partial charge in [-0.1, -0.05) is 12.1 Å². The van der Waals surface area contributed by atoms with Gasteiger partial charge in [-0.2, -0.15) is 0 Å². The molecule has 0 N–H and O–H groups in total. The van der Waals surface area contributed by atoms with Crippen LogP contribution in [0.25, 0.3) is 10.1 Å². The standard InChI is InChI=1S/C10H8BrClS2/c1-13-9-7-3-2-6(5-12)4-8(7)14-10(9)11/h2-4H,5H2,1H3. The number of hydrogen-bond donors (Lipinski definition) is 0. The minimum absolute atomic E-state index is 0.583. The molecule has 2 aromatic rings. The molecule has 0 saturated heterocycles. The van der Waals surface area contributed by atoms with Gasteiger partial charge in [-0.15, -0.1) is 34.7 Å². The van der Waals surface area contributed by atoms with Gasteiger partial charge in [0.05, 0.1) is 3.79 Å². The summed E-state index contributed by atoms with van der Waals surface area (Å²) in [7, 11) is 0. The minimum atomic E-state index is 0.583. The predicted octanol–water partition coefficient (Wildman–Crippen LogP) is 5.12. The maximum Gasteiger partial charge on any atom is 0.0846 e. The van der Waals surface area contributed by atoms with Crippen molar-refractivity contribution in [3.8, 4) is 0 Å². The lowest BCUT2D eigenvalue weighted by molar-refractivity contribution is 1.43. The van der Waals surface area contributed by atoms with Crippen molar-refractivity contribution in [3.05, 3.63) is 27.5 Å². The van der Waals surface area contributed by atoms with Gasteiger partial charge in [-0.25, -0.2) is 0 Å². The first kappa shape index (κ1) is 10.8. The van der Waals surface area contributed by atoms with Crippen LogP contribution in [0.5, 0.6) is 0 Å². The fraction of sp³-hybridized carbons (Fsp3) is 0.200. The van der Waals surface area contributed by atoms with E-state index in [-0.39, 0.29) is 0 Å². The molecule has 0 amide bonds. The molecule has 1 aromatic carbocycles. The van der Waals surface area contributed by atoms with E-state index in [0.29, 0.717) is 5.88 Å². The molecular formula is C10H8BrClS2. The van der Waals surface area contributed by atoms with E-state index in [9.17, 15) is 0 Å². The van der Waals surface area contributed by atoms with Crippen LogP contribution in [0, 0.1) is 0 Å². The highest BCUT2D eigenvalue weighted by molar-refractivity contribution is 9.11. The maximum atomic E-state index is 5.80. The van der Waals surface area contributed by atoms with Gasteiger partial charge < -0.3 is 0 Å². The lowest BCUT2D eigenvalue weighted by Crippen LogP contribution is -1.75. The van der Waals surface area contributed by atoms with Crippen LogP contribution in [0.4, 0.5) is 0 Å². The van der Waals surface area contributed by atoms with E-state index < -0.39 is 0 Å². The average Bonchev–Trinajstić information content (AvgIpc) is 2.51. The molecule has 4 heteroatoms. The first-order valence-electron chi connectivity index (χ1n) is 4.07. The van der Waals surface area contributed by atoms with Gasteiger partial charge in [-0.3, -0.25) is 0 Å². The third-order valence-corrected chi connectivity index (χ3v) is 5.38. The first-order chi connectivity index (χ1) is 6.76. The van der Waals surface area contributed by atoms with Gasteiger partial charge in [0.25, 0.3) is 0 Å². The summed E-state index contributed by atoms with van der Waals surface area (Å²) >= 11 is 12.9. The normalized spacial score (nSPS) is 11.1. The molecule has 1 aromatic heterocycles. The number of halogens is 2. The van der Waals surface area contributed by atoms with Crippen molar-refractivity contribution in [2.45, 2.75) is 10.8 Å². The van der Waals surface area contributed by atoms with Crippen LogP contribution in [0.1, 0.15) is 5.56 Å². The molecule has 0 unspecified atom stereocenters. The van der Waals surface area contributed by atoms with Crippen LogP contribution < -0.4 is 0 Å². The Labute approximate surface area is 105 Å². The van der Waals surface area contributed by atoms with Gasteiger partial charge in [0.15, 0.2) is 0 Å². The summed E-state index contributed by atoms with van der Waals surface area (Å²) in [5.74, 6) is 0.583. The van der Waals surface area contributed by atoms with Crippen molar-refractivity contribution < 1.29 is 0 Å². The molecule has 0 fully saturated rings. The maximum absolute atomic E-state index is 5.80. The molecular weight excluding hydrogens is 300 g/mol. The lowest BCUT2D eigenvalue weighted by atomic mass is 10.2. The molecule has 0 radical (unpaired) electrons. The van der Waals surface area contributed by atoms with Crippen molar-refractivity contribution in [2.24, 2.45) is 0 Å². The summed E-state index contributed by atoms with van der Waals surface area (Å²) in [6.45, 7) is 0. The molecule has 0 aliphatic heterocycles. The Bertz CT molecular complexity index is 464. The van der Waals surface area contributed by atoms with Crippen LogP contribution in [0.2, 0.25) is 0 Å². The third kappa shape index (κ3) is 1.83. The zero-order chi connectivity index (χ0) is 10.1. The highest BCUT2D eigenvalue weighted by Crippen LogP contribution is 2.41. The van der Waals surface area contributed by atoms with E-state index in [4.69, 9.17) is 11.6 Å². The Kier molecular flexibility index (Phi) is 3.42. The van der Waals surface area contributed by atoms with Crippen molar-refractivity contribution in [1.82, 2.24) is 0 Å². The predicted molar refractivity (Wildman–Crippen MR) is 70.9 cm³/mol. The summed E-state index contributed by atoms with van der Waals surface area (Å²) in [6, 6.07) is 6.41. The van der Waals surface area contributed by atoms with E-state index in [0.717, 1.165) is 0 Å². The second kappa shape index (κ2) is 4.44. The Morgan fingerprint density at radius 1 is 1.50 bits per heavy atom. The van der Waals surface area contributed by atoms with Gasteiger partial charge in [0.2, 0.25) is 0 Å². The smallest absolute Gasteiger partial charge is 0.0846 e. The van der Waals surface area contributed by atoms with E-state index in [1.165, 1.54) is 24.3 Å². The number of rotatable bonds is 2. The van der Waals surface area contributed by atoms with E-state index in [1.807, 2.05) is 0 Å². The topological polar surface area (TPSA) is 0 Å². The monoisotopic (exact) mass is 306 g/mol. The largest absolute Gasteiger partial charge is 0.127 e. The molecule has 0 saturated carbocycles. The molecule has 74 valence electrons. The molecule has 0 aliphatic carbocycles. The van der Waals surface area contributed by atoms with Crippen LogP contribution in [-0.4, -0.2) is 6.26 Å². The van der Waals surface area contributed by atoms with Crippen molar-refractivity contribution in [2.75, 3.05) is 6.26 Å². The molecule has 0 atom stereocenters. The van der Waals surface area contributed by atoms with Crippen molar-refractivity contribution >= 4 is 60.7 Å². The fourth-order valence-corrected chi connectivity index (χ4v) is 4.63. The Hall–Kier alpha value is 0.300. The van der Waals surface area contributed by atoms with Crippen LogP contribution in [0.15, 0.2) is 26.9 Å². The van der Waals surface area contributed by atoms with Gasteiger partial charge in [0, 0.05) is 20.9 Å². The number of thiophene rings is 1. The summed E-state index contributed by atoms with van der Waals surface area (Å²) in [5, 5.41) is 1.32. The summed E-state index contributed by atoms with van der Waals surface area (Å²) < 4.78 is 2.52. The van der Waals surface area contributed by atoms with E-state index in [1.54, 1.807) is 23.1 Å². The third-order valence-electron chi connectivity index (χ3n) is 2.03. The highest BCUT2D eigenvalue weighted by Gasteiger charge is 2.09. The SMILES string of the molecule is CSc1c(Br)sc2cc(CCl)ccc12. The van der Waals surface area contributed by atoms with Gasteiger partial charge in [-0.05, 0) is 33.8 Å². The molecule has 0 bridgehead atoms. The highest BCUT2D eigenvalue weighted by atomic mass is 79.9. The van der Waals surface area contributed by atoms with E-state index in [2.05, 4.69) is 40.4 Å². The Morgan fingerprint density at radius 3 is 2.93 bits per heavy atom. The second-order valence-corrected chi connectivity index (χ2v) is 6.33. The minimum Gasteiger partial charge on any atom is -0.127 e. The van der Waals surface area contributed by atoms with Crippen LogP contribution >= 0.6 is 50.6 Å². The number of thioether (sulfide) groups is 1. The molecule has 0 aliphatic rings. The Balaban J connectivity index is 2.68. The van der Waals surface area contributed by atoms with Gasteiger partial charge in [0.1, 0.15) is 0 Å². The molecule has 0 spiro atoms. The number of alkyl halides is 1. The zero-order valence-corrected chi connectivity index (χ0v) is 11.5. The van der Waals surface area contributed by atoms with Crippen molar-refractivity contribution in [3.63, 3.8) is 0 Å². The summed E-state index contributed by atoms with van der Waals surface area (Å²) in [5.41, 5.74) is 1.18.